The molecular formula is C14H12IN5. The fraction of sp³-hybridized carbons (Fsp3) is 0.214. The Morgan fingerprint density at radius 3 is 3.00 bits per heavy atom. The van der Waals surface area contributed by atoms with E-state index in [9.17, 15) is 0 Å². The summed E-state index contributed by atoms with van der Waals surface area (Å²) in [5, 5.41) is 8.53. The van der Waals surface area contributed by atoms with Crippen LogP contribution in [0.4, 0.5) is 5.82 Å². The van der Waals surface area contributed by atoms with E-state index in [-0.39, 0.29) is 0 Å². The maximum absolute atomic E-state index is 4.57. The van der Waals surface area contributed by atoms with Gasteiger partial charge in [-0.2, -0.15) is 5.10 Å². The van der Waals surface area contributed by atoms with E-state index in [1.54, 1.807) is 0 Å². The molecule has 0 radical (unpaired) electrons. The smallest absolute Gasteiger partial charge is 0.140 e. The number of aromatic nitrogens is 4. The molecule has 6 heteroatoms. The number of benzene rings is 1. The standard InChI is InChI=1S/C14H12IN5/c1-7-16-5-11-9-4-10-12(18-19-13(10)15)3-8(9)6-20(2)14(11)17-7/h3-5H,6H2,1-2H3,(H,18,19). The first kappa shape index (κ1) is 12.1. The predicted octanol–water partition coefficient (Wildman–Crippen LogP) is 2.88. The normalized spacial score (nSPS) is 13.4. The van der Waals surface area contributed by atoms with Gasteiger partial charge in [0, 0.05) is 30.7 Å². The van der Waals surface area contributed by atoms with Crippen molar-refractivity contribution in [3.63, 3.8) is 0 Å². The van der Waals surface area contributed by atoms with Crippen LogP contribution in [0.1, 0.15) is 11.4 Å². The molecule has 1 aliphatic heterocycles. The average molecular weight is 377 g/mol. The Hall–Kier alpha value is -1.70. The van der Waals surface area contributed by atoms with Crippen molar-refractivity contribution in [2.45, 2.75) is 13.5 Å². The van der Waals surface area contributed by atoms with Crippen LogP contribution in [0, 0.1) is 10.6 Å². The van der Waals surface area contributed by atoms with Gasteiger partial charge in [-0.25, -0.2) is 9.97 Å². The number of anilines is 1. The van der Waals surface area contributed by atoms with E-state index in [0.717, 1.165) is 38.4 Å². The van der Waals surface area contributed by atoms with Crippen molar-refractivity contribution in [1.82, 2.24) is 20.2 Å². The monoisotopic (exact) mass is 377 g/mol. The summed E-state index contributed by atoms with van der Waals surface area (Å²) < 4.78 is 1.06. The van der Waals surface area contributed by atoms with E-state index >= 15 is 0 Å². The molecule has 0 unspecified atom stereocenters. The highest BCUT2D eigenvalue weighted by Gasteiger charge is 2.23. The molecular weight excluding hydrogens is 365 g/mol. The van der Waals surface area contributed by atoms with Gasteiger partial charge in [0.1, 0.15) is 15.3 Å². The van der Waals surface area contributed by atoms with Crippen molar-refractivity contribution in [1.29, 1.82) is 0 Å². The number of hydrogen-bond donors (Lipinski definition) is 1. The third-order valence-electron chi connectivity index (χ3n) is 3.68. The Bertz CT molecular complexity index is 839. The van der Waals surface area contributed by atoms with Crippen molar-refractivity contribution >= 4 is 39.3 Å². The summed E-state index contributed by atoms with van der Waals surface area (Å²) in [4.78, 5) is 11.1. The van der Waals surface area contributed by atoms with Gasteiger partial charge in [-0.05, 0) is 52.8 Å². The topological polar surface area (TPSA) is 57.7 Å². The highest BCUT2D eigenvalue weighted by atomic mass is 127. The van der Waals surface area contributed by atoms with Crippen LogP contribution >= 0.6 is 22.6 Å². The van der Waals surface area contributed by atoms with Gasteiger partial charge < -0.3 is 4.90 Å². The van der Waals surface area contributed by atoms with E-state index in [4.69, 9.17) is 0 Å². The molecule has 1 N–H and O–H groups in total. The maximum Gasteiger partial charge on any atom is 0.140 e. The van der Waals surface area contributed by atoms with Crippen molar-refractivity contribution in [3.8, 4) is 11.1 Å². The number of fused-ring (bicyclic) bond motifs is 4. The minimum Gasteiger partial charge on any atom is -0.355 e. The summed E-state index contributed by atoms with van der Waals surface area (Å²) in [5.74, 6) is 1.81. The molecule has 0 aliphatic carbocycles. The van der Waals surface area contributed by atoms with Gasteiger partial charge in [0.15, 0.2) is 0 Å². The Labute approximate surface area is 129 Å². The fourth-order valence-corrected chi connectivity index (χ4v) is 3.27. The third kappa shape index (κ3) is 1.64. The second-order valence-corrected chi connectivity index (χ2v) is 6.15. The summed E-state index contributed by atoms with van der Waals surface area (Å²) in [6.07, 6.45) is 1.92. The second-order valence-electron chi connectivity index (χ2n) is 5.07. The zero-order valence-corrected chi connectivity index (χ0v) is 13.3. The van der Waals surface area contributed by atoms with Gasteiger partial charge >= 0.3 is 0 Å². The Kier molecular flexibility index (Phi) is 2.50. The van der Waals surface area contributed by atoms with Crippen LogP contribution < -0.4 is 4.90 Å². The Morgan fingerprint density at radius 1 is 1.30 bits per heavy atom. The number of hydrogen-bond acceptors (Lipinski definition) is 4. The van der Waals surface area contributed by atoms with Gasteiger partial charge in [0.25, 0.3) is 0 Å². The van der Waals surface area contributed by atoms with Crippen LogP contribution in [-0.4, -0.2) is 27.2 Å². The molecule has 1 aliphatic rings. The van der Waals surface area contributed by atoms with Crippen molar-refractivity contribution in [3.05, 3.63) is 33.4 Å². The molecule has 0 fully saturated rings. The molecule has 0 saturated carbocycles. The molecule has 5 nitrogen and oxygen atoms in total. The second kappa shape index (κ2) is 4.15. The third-order valence-corrected chi connectivity index (χ3v) is 4.50. The van der Waals surface area contributed by atoms with E-state index in [2.05, 4.69) is 66.8 Å². The molecule has 0 saturated heterocycles. The lowest BCUT2D eigenvalue weighted by Gasteiger charge is -2.28. The van der Waals surface area contributed by atoms with Crippen molar-refractivity contribution < 1.29 is 0 Å². The number of H-pyrrole nitrogens is 1. The first-order chi connectivity index (χ1) is 9.63. The summed E-state index contributed by atoms with van der Waals surface area (Å²) >= 11 is 2.28. The molecule has 1 aromatic carbocycles. The number of rotatable bonds is 0. The zero-order valence-electron chi connectivity index (χ0n) is 11.1. The molecule has 0 amide bonds. The number of nitrogens with zero attached hydrogens (tertiary/aromatic N) is 4. The SMILES string of the molecule is Cc1ncc2c(n1)N(C)Cc1cc3n[nH]c(I)c3cc1-2. The first-order valence-corrected chi connectivity index (χ1v) is 7.43. The molecule has 100 valence electrons. The van der Waals surface area contributed by atoms with Crippen LogP contribution in [0.15, 0.2) is 18.3 Å². The first-order valence-electron chi connectivity index (χ1n) is 6.35. The minimum absolute atomic E-state index is 0.804. The number of halogens is 1. The van der Waals surface area contributed by atoms with Crippen LogP contribution in [0.2, 0.25) is 0 Å². The largest absolute Gasteiger partial charge is 0.355 e. The average Bonchev–Trinajstić information content (AvgIpc) is 2.78. The quantitative estimate of drug-likeness (QED) is 0.613. The van der Waals surface area contributed by atoms with Crippen LogP contribution in [0.3, 0.4) is 0 Å². The summed E-state index contributed by atoms with van der Waals surface area (Å²) in [6.45, 7) is 2.77. The summed E-state index contributed by atoms with van der Waals surface area (Å²) in [7, 11) is 2.06. The fourth-order valence-electron chi connectivity index (χ4n) is 2.72. The van der Waals surface area contributed by atoms with Gasteiger partial charge in [-0.1, -0.05) is 0 Å². The zero-order chi connectivity index (χ0) is 13.9. The Morgan fingerprint density at radius 2 is 2.15 bits per heavy atom. The van der Waals surface area contributed by atoms with Crippen molar-refractivity contribution in [2.24, 2.45) is 0 Å². The lowest BCUT2D eigenvalue weighted by atomic mass is 9.95. The molecule has 20 heavy (non-hydrogen) atoms. The predicted molar refractivity (Wildman–Crippen MR) is 86.7 cm³/mol. The lowest BCUT2D eigenvalue weighted by Crippen LogP contribution is -2.23. The minimum atomic E-state index is 0.804. The van der Waals surface area contributed by atoms with E-state index in [1.165, 1.54) is 11.1 Å². The van der Waals surface area contributed by atoms with Gasteiger partial charge in [-0.3, -0.25) is 5.10 Å². The van der Waals surface area contributed by atoms with E-state index in [0.29, 0.717) is 0 Å². The lowest BCUT2D eigenvalue weighted by molar-refractivity contribution is 0.867. The van der Waals surface area contributed by atoms with Gasteiger partial charge in [-0.15, -0.1) is 0 Å². The maximum atomic E-state index is 4.57. The van der Waals surface area contributed by atoms with Crippen molar-refractivity contribution in [2.75, 3.05) is 11.9 Å². The molecule has 0 atom stereocenters. The van der Waals surface area contributed by atoms with Crippen LogP contribution in [-0.2, 0) is 6.54 Å². The van der Waals surface area contributed by atoms with E-state index < -0.39 is 0 Å². The molecule has 4 rings (SSSR count). The summed E-state index contributed by atoms with van der Waals surface area (Å²) in [5.41, 5.74) is 4.59. The van der Waals surface area contributed by atoms with Crippen LogP contribution in [0.5, 0.6) is 0 Å². The number of aromatic amines is 1. The highest BCUT2D eigenvalue weighted by molar-refractivity contribution is 14.1. The molecule has 3 aromatic rings. The number of nitrogens with one attached hydrogen (secondary N) is 1. The Balaban J connectivity index is 2.05. The number of aryl methyl sites for hydroxylation is 1. The highest BCUT2D eigenvalue weighted by Crippen LogP contribution is 2.38. The molecule has 0 spiro atoms. The van der Waals surface area contributed by atoms with E-state index in [1.807, 2.05) is 13.1 Å². The molecule has 2 aromatic heterocycles. The summed E-state index contributed by atoms with van der Waals surface area (Å²) in [6, 6.07) is 4.35. The van der Waals surface area contributed by atoms with Gasteiger partial charge in [0.05, 0.1) is 5.52 Å². The molecule has 0 bridgehead atoms. The van der Waals surface area contributed by atoms with Crippen LogP contribution in [0.25, 0.3) is 22.0 Å². The molecule has 3 heterocycles. The van der Waals surface area contributed by atoms with Gasteiger partial charge in [0.2, 0.25) is 0 Å².